The zero-order valence-electron chi connectivity index (χ0n) is 23.3. The van der Waals surface area contributed by atoms with Gasteiger partial charge in [0.05, 0.1) is 11.9 Å². The molecule has 0 spiro atoms. The fraction of sp³-hybridized carbons (Fsp3) is 0.355. The largest absolute Gasteiger partial charge is 0.354 e. The molecule has 0 saturated heterocycles. The summed E-state index contributed by atoms with van der Waals surface area (Å²) in [6.07, 6.45) is 3.75. The van der Waals surface area contributed by atoms with Crippen LogP contribution in [0.5, 0.6) is 0 Å². The van der Waals surface area contributed by atoms with E-state index in [0.29, 0.717) is 17.8 Å². The summed E-state index contributed by atoms with van der Waals surface area (Å²) in [5.74, 6) is -1.29. The van der Waals surface area contributed by atoms with Crippen LogP contribution in [0.4, 0.5) is 10.1 Å². The van der Waals surface area contributed by atoms with Crippen molar-refractivity contribution in [2.45, 2.75) is 52.1 Å². The van der Waals surface area contributed by atoms with Crippen molar-refractivity contribution in [3.8, 4) is 0 Å². The van der Waals surface area contributed by atoms with Crippen LogP contribution < -0.4 is 9.62 Å². The van der Waals surface area contributed by atoms with Crippen LogP contribution in [0.15, 0.2) is 78.9 Å². The Balaban J connectivity index is 2.01. The van der Waals surface area contributed by atoms with E-state index in [9.17, 15) is 22.4 Å². The molecule has 0 fully saturated rings. The number of carbonyl (C=O) groups is 2. The molecule has 0 aliphatic rings. The third-order valence-corrected chi connectivity index (χ3v) is 7.82. The molecule has 0 aliphatic carbocycles. The molecule has 9 heteroatoms. The lowest BCUT2D eigenvalue weighted by molar-refractivity contribution is -0.140. The lowest BCUT2D eigenvalue weighted by atomic mass is 10.0. The van der Waals surface area contributed by atoms with Gasteiger partial charge in [-0.05, 0) is 53.8 Å². The van der Waals surface area contributed by atoms with E-state index in [-0.39, 0.29) is 18.9 Å². The van der Waals surface area contributed by atoms with Crippen LogP contribution >= 0.6 is 0 Å². The predicted octanol–water partition coefficient (Wildman–Crippen LogP) is 4.71. The molecule has 3 aromatic rings. The monoisotopic (exact) mass is 567 g/mol. The van der Waals surface area contributed by atoms with Crippen LogP contribution in [0.25, 0.3) is 0 Å². The third kappa shape index (κ3) is 8.91. The molecule has 3 rings (SSSR count). The van der Waals surface area contributed by atoms with Gasteiger partial charge in [0.2, 0.25) is 21.8 Å². The number of aryl methyl sites for hydroxylation is 1. The van der Waals surface area contributed by atoms with Gasteiger partial charge < -0.3 is 10.2 Å². The number of halogens is 1. The standard InChI is InChI=1S/C31H38FN3O4S/c1-4-6-20-33-31(37)29(21-25-10-8-7-9-11-25)34(22-26-12-16-27(32)17-13-26)30(36)23-35(40(3,38)39)28-18-14-24(5-2)15-19-28/h7-19,29H,4-6,20-23H2,1-3H3,(H,33,37)/t29-/m1/s1. The molecular formula is C31H38FN3O4S. The maximum absolute atomic E-state index is 14.0. The van der Waals surface area contributed by atoms with Crippen LogP contribution in [0, 0.1) is 5.82 Å². The second kappa shape index (κ2) is 14.6. The maximum Gasteiger partial charge on any atom is 0.244 e. The molecule has 0 bridgehead atoms. The van der Waals surface area contributed by atoms with E-state index in [2.05, 4.69) is 5.32 Å². The number of amides is 2. The van der Waals surface area contributed by atoms with Crippen molar-refractivity contribution in [3.05, 3.63) is 101 Å². The highest BCUT2D eigenvalue weighted by molar-refractivity contribution is 7.92. The summed E-state index contributed by atoms with van der Waals surface area (Å²) >= 11 is 0. The highest BCUT2D eigenvalue weighted by Crippen LogP contribution is 2.21. The average Bonchev–Trinajstić information content (AvgIpc) is 2.94. The van der Waals surface area contributed by atoms with E-state index >= 15 is 0 Å². The fourth-order valence-electron chi connectivity index (χ4n) is 4.36. The molecule has 2 amide bonds. The van der Waals surface area contributed by atoms with Crippen molar-refractivity contribution in [3.63, 3.8) is 0 Å². The summed E-state index contributed by atoms with van der Waals surface area (Å²) in [6.45, 7) is 3.99. The lowest BCUT2D eigenvalue weighted by Gasteiger charge is -2.33. The minimum atomic E-state index is -3.83. The minimum Gasteiger partial charge on any atom is -0.354 e. The first kappa shape index (κ1) is 30.8. The van der Waals surface area contributed by atoms with Gasteiger partial charge in [0, 0.05) is 19.5 Å². The number of anilines is 1. The second-order valence-electron chi connectivity index (χ2n) is 9.79. The molecule has 0 aromatic heterocycles. The van der Waals surface area contributed by atoms with Crippen LogP contribution in [0.2, 0.25) is 0 Å². The molecule has 0 aliphatic heterocycles. The number of unbranched alkanes of at least 4 members (excludes halogenated alkanes) is 1. The molecule has 7 nitrogen and oxygen atoms in total. The van der Waals surface area contributed by atoms with E-state index in [1.165, 1.54) is 17.0 Å². The van der Waals surface area contributed by atoms with E-state index in [1.807, 2.05) is 56.3 Å². The first-order valence-corrected chi connectivity index (χ1v) is 15.4. The molecule has 1 N–H and O–H groups in total. The van der Waals surface area contributed by atoms with Gasteiger partial charge in [0.25, 0.3) is 0 Å². The van der Waals surface area contributed by atoms with Crippen molar-refractivity contribution in [2.24, 2.45) is 0 Å². The van der Waals surface area contributed by atoms with E-state index in [0.717, 1.165) is 41.0 Å². The van der Waals surface area contributed by atoms with Gasteiger partial charge in [0.15, 0.2) is 0 Å². The Kier molecular flexibility index (Phi) is 11.3. The Bertz CT molecular complexity index is 1350. The van der Waals surface area contributed by atoms with Gasteiger partial charge >= 0.3 is 0 Å². The Labute approximate surface area is 237 Å². The molecule has 0 unspecified atom stereocenters. The topological polar surface area (TPSA) is 86.8 Å². The number of nitrogens with one attached hydrogen (secondary N) is 1. The van der Waals surface area contributed by atoms with Gasteiger partial charge in [-0.1, -0.05) is 74.9 Å². The van der Waals surface area contributed by atoms with Crippen molar-refractivity contribution in [1.29, 1.82) is 0 Å². The Morgan fingerprint density at radius 2 is 1.50 bits per heavy atom. The number of benzene rings is 3. The highest BCUT2D eigenvalue weighted by atomic mass is 32.2. The van der Waals surface area contributed by atoms with Gasteiger partial charge in [-0.3, -0.25) is 13.9 Å². The SMILES string of the molecule is CCCCNC(=O)[C@@H](Cc1ccccc1)N(Cc1ccc(F)cc1)C(=O)CN(c1ccc(CC)cc1)S(C)(=O)=O. The molecular weight excluding hydrogens is 529 g/mol. The lowest BCUT2D eigenvalue weighted by Crippen LogP contribution is -2.53. The summed E-state index contributed by atoms with van der Waals surface area (Å²) in [5, 5.41) is 2.94. The molecule has 40 heavy (non-hydrogen) atoms. The number of hydrogen-bond acceptors (Lipinski definition) is 4. The van der Waals surface area contributed by atoms with Gasteiger partial charge in [0.1, 0.15) is 18.4 Å². The van der Waals surface area contributed by atoms with Crippen LogP contribution in [0.1, 0.15) is 43.4 Å². The number of sulfonamides is 1. The minimum absolute atomic E-state index is 0.00415. The summed E-state index contributed by atoms with van der Waals surface area (Å²) in [4.78, 5) is 28.9. The first-order valence-electron chi connectivity index (χ1n) is 13.5. The predicted molar refractivity (Wildman–Crippen MR) is 157 cm³/mol. The normalized spacial score (nSPS) is 12.0. The Morgan fingerprint density at radius 1 is 0.875 bits per heavy atom. The molecule has 1 atom stereocenters. The van der Waals surface area contributed by atoms with Crippen LogP contribution in [-0.2, 0) is 39.0 Å². The molecule has 3 aromatic carbocycles. The van der Waals surface area contributed by atoms with Crippen molar-refractivity contribution in [1.82, 2.24) is 10.2 Å². The number of carbonyl (C=O) groups excluding carboxylic acids is 2. The van der Waals surface area contributed by atoms with Crippen LogP contribution in [-0.4, -0.2) is 50.5 Å². The number of hydrogen-bond donors (Lipinski definition) is 1. The second-order valence-corrected chi connectivity index (χ2v) is 11.7. The van der Waals surface area contributed by atoms with E-state index in [1.54, 1.807) is 24.3 Å². The summed E-state index contributed by atoms with van der Waals surface area (Å²) in [6, 6.07) is 21.1. The highest BCUT2D eigenvalue weighted by Gasteiger charge is 2.33. The molecule has 214 valence electrons. The van der Waals surface area contributed by atoms with Crippen molar-refractivity contribution in [2.75, 3.05) is 23.7 Å². The third-order valence-electron chi connectivity index (χ3n) is 6.68. The molecule has 0 radical (unpaired) electrons. The van der Waals surface area contributed by atoms with Crippen molar-refractivity contribution >= 4 is 27.5 Å². The maximum atomic E-state index is 14.0. The number of nitrogens with zero attached hydrogens (tertiary/aromatic N) is 2. The average molecular weight is 568 g/mol. The van der Waals surface area contributed by atoms with Gasteiger partial charge in [-0.2, -0.15) is 0 Å². The van der Waals surface area contributed by atoms with Gasteiger partial charge in [-0.25, -0.2) is 12.8 Å². The zero-order chi connectivity index (χ0) is 29.1. The zero-order valence-corrected chi connectivity index (χ0v) is 24.2. The fourth-order valence-corrected chi connectivity index (χ4v) is 5.21. The number of rotatable bonds is 14. The van der Waals surface area contributed by atoms with Crippen LogP contribution in [0.3, 0.4) is 0 Å². The summed E-state index contributed by atoms with van der Waals surface area (Å²) in [5.41, 5.74) is 2.87. The van der Waals surface area contributed by atoms with E-state index < -0.39 is 34.3 Å². The molecule has 0 heterocycles. The van der Waals surface area contributed by atoms with E-state index in [4.69, 9.17) is 0 Å². The van der Waals surface area contributed by atoms with Gasteiger partial charge in [-0.15, -0.1) is 0 Å². The summed E-state index contributed by atoms with van der Waals surface area (Å²) < 4.78 is 40.4. The smallest absolute Gasteiger partial charge is 0.244 e. The van der Waals surface area contributed by atoms with Crippen molar-refractivity contribution < 1.29 is 22.4 Å². The Hall–Kier alpha value is -3.72. The summed E-state index contributed by atoms with van der Waals surface area (Å²) in [7, 11) is -3.83. The Morgan fingerprint density at radius 3 is 2.08 bits per heavy atom. The quantitative estimate of drug-likeness (QED) is 0.286. The first-order chi connectivity index (χ1) is 19.1. The molecule has 0 saturated carbocycles.